The Morgan fingerprint density at radius 2 is 1.95 bits per heavy atom. The van der Waals surface area contributed by atoms with Gasteiger partial charge in [0.25, 0.3) is 0 Å². The molecule has 1 rings (SSSR count). The Morgan fingerprint density at radius 1 is 1.30 bits per heavy atom. The number of benzene rings is 1. The van der Waals surface area contributed by atoms with Gasteiger partial charge < -0.3 is 5.73 Å². The Morgan fingerprint density at radius 3 is 2.55 bits per heavy atom. The fraction of sp³-hybridized carbons (Fsp3) is 0.538. The average molecular weight is 306 g/mol. The Labute approximate surface area is 118 Å². The van der Waals surface area contributed by atoms with Crippen LogP contribution in [-0.2, 0) is 10.0 Å². The van der Waals surface area contributed by atoms with E-state index in [1.54, 1.807) is 6.92 Å². The lowest BCUT2D eigenvalue weighted by atomic mass is 10.1. The summed E-state index contributed by atoms with van der Waals surface area (Å²) in [5, 5.41) is 0. The van der Waals surface area contributed by atoms with Crippen LogP contribution in [-0.4, -0.2) is 14.5 Å². The summed E-state index contributed by atoms with van der Waals surface area (Å²) in [6, 6.07) is 1.40. The van der Waals surface area contributed by atoms with Crippen molar-refractivity contribution in [2.75, 3.05) is 5.73 Å². The molecule has 114 valence electrons. The number of hydrogen-bond donors (Lipinski definition) is 2. The number of nitrogens with two attached hydrogens (primary N) is 1. The normalized spacial score (nSPS) is 13.4. The molecule has 4 nitrogen and oxygen atoms in total. The van der Waals surface area contributed by atoms with Crippen molar-refractivity contribution in [1.29, 1.82) is 0 Å². The molecule has 0 saturated heterocycles. The smallest absolute Gasteiger partial charge is 0.243 e. The maximum atomic E-state index is 13.7. The van der Waals surface area contributed by atoms with Gasteiger partial charge in [-0.25, -0.2) is 21.9 Å². The molecule has 1 atom stereocenters. The van der Waals surface area contributed by atoms with Crippen LogP contribution in [0.1, 0.15) is 39.5 Å². The fourth-order valence-electron chi connectivity index (χ4n) is 1.84. The standard InChI is InChI=1S/C13H20F2N2O2S/c1-3-4-5-6-9(2)17-20(18,19)11-8-7-10(14)13(16)12(11)15/h7-9,17H,3-6,16H2,1-2H3. The summed E-state index contributed by atoms with van der Waals surface area (Å²) in [6.45, 7) is 3.75. The van der Waals surface area contributed by atoms with Crippen molar-refractivity contribution in [3.8, 4) is 0 Å². The fourth-order valence-corrected chi connectivity index (χ4v) is 3.21. The number of rotatable bonds is 7. The molecule has 3 N–H and O–H groups in total. The molecular formula is C13H20F2N2O2S. The van der Waals surface area contributed by atoms with Crippen LogP contribution in [0.5, 0.6) is 0 Å². The third-order valence-electron chi connectivity index (χ3n) is 2.98. The van der Waals surface area contributed by atoms with Crippen molar-refractivity contribution >= 4 is 15.7 Å². The maximum absolute atomic E-state index is 13.7. The highest BCUT2D eigenvalue weighted by Gasteiger charge is 2.24. The van der Waals surface area contributed by atoms with E-state index >= 15 is 0 Å². The molecule has 0 aliphatic carbocycles. The quantitative estimate of drug-likeness (QED) is 0.601. The predicted octanol–water partition coefficient (Wildman–Crippen LogP) is 2.79. The van der Waals surface area contributed by atoms with Crippen molar-refractivity contribution in [3.05, 3.63) is 23.8 Å². The molecule has 1 unspecified atom stereocenters. The lowest BCUT2D eigenvalue weighted by Crippen LogP contribution is -2.33. The molecular weight excluding hydrogens is 286 g/mol. The molecule has 0 bridgehead atoms. The first-order chi connectivity index (χ1) is 9.29. The molecule has 0 saturated carbocycles. The van der Waals surface area contributed by atoms with E-state index in [4.69, 9.17) is 5.73 Å². The van der Waals surface area contributed by atoms with Gasteiger partial charge in [-0.05, 0) is 25.5 Å². The first kappa shape index (κ1) is 16.8. The number of anilines is 1. The first-order valence-corrected chi connectivity index (χ1v) is 8.03. The van der Waals surface area contributed by atoms with Crippen molar-refractivity contribution in [1.82, 2.24) is 4.72 Å². The highest BCUT2D eigenvalue weighted by molar-refractivity contribution is 7.89. The molecule has 0 radical (unpaired) electrons. The van der Waals surface area contributed by atoms with Gasteiger partial charge in [-0.1, -0.05) is 26.2 Å². The number of nitrogen functional groups attached to an aromatic ring is 1. The average Bonchev–Trinajstić information content (AvgIpc) is 2.35. The molecule has 20 heavy (non-hydrogen) atoms. The van der Waals surface area contributed by atoms with Crippen molar-refractivity contribution in [2.24, 2.45) is 0 Å². The molecule has 1 aromatic rings. The monoisotopic (exact) mass is 306 g/mol. The molecule has 0 amide bonds. The molecule has 1 aromatic carbocycles. The molecule has 0 spiro atoms. The minimum absolute atomic E-state index is 0.322. The van der Waals surface area contributed by atoms with Gasteiger partial charge in [0.05, 0.1) is 0 Å². The first-order valence-electron chi connectivity index (χ1n) is 6.55. The van der Waals surface area contributed by atoms with Gasteiger partial charge in [-0.2, -0.15) is 0 Å². The van der Waals surface area contributed by atoms with Crippen LogP contribution in [0, 0.1) is 11.6 Å². The lowest BCUT2D eigenvalue weighted by Gasteiger charge is -2.15. The summed E-state index contributed by atoms with van der Waals surface area (Å²) in [5.74, 6) is -2.23. The second-order valence-electron chi connectivity index (χ2n) is 4.79. The van der Waals surface area contributed by atoms with E-state index in [0.29, 0.717) is 6.42 Å². The third kappa shape index (κ3) is 4.14. The Kier molecular flexibility index (Phi) is 5.88. The summed E-state index contributed by atoms with van der Waals surface area (Å²) >= 11 is 0. The van der Waals surface area contributed by atoms with Crippen molar-refractivity contribution < 1.29 is 17.2 Å². The number of hydrogen-bond acceptors (Lipinski definition) is 3. The van der Waals surface area contributed by atoms with E-state index in [1.807, 2.05) is 6.92 Å². The van der Waals surface area contributed by atoms with Crippen LogP contribution in [0.4, 0.5) is 14.5 Å². The van der Waals surface area contributed by atoms with Gasteiger partial charge >= 0.3 is 0 Å². The third-order valence-corrected chi connectivity index (χ3v) is 4.58. The van der Waals surface area contributed by atoms with Gasteiger partial charge in [0, 0.05) is 6.04 Å². The minimum atomic E-state index is -4.04. The topological polar surface area (TPSA) is 72.2 Å². The summed E-state index contributed by atoms with van der Waals surface area (Å²) < 4.78 is 53.2. The molecule has 0 heterocycles. The predicted molar refractivity (Wildman–Crippen MR) is 74.7 cm³/mol. The summed E-state index contributed by atoms with van der Waals surface area (Å²) in [7, 11) is -4.04. The molecule has 0 aliphatic rings. The van der Waals surface area contributed by atoms with Crippen molar-refractivity contribution in [2.45, 2.75) is 50.5 Å². The zero-order valence-corrected chi connectivity index (χ0v) is 12.4. The zero-order chi connectivity index (χ0) is 15.3. The van der Waals surface area contributed by atoms with Crippen LogP contribution in [0.25, 0.3) is 0 Å². The molecule has 0 aromatic heterocycles. The van der Waals surface area contributed by atoms with E-state index in [0.717, 1.165) is 31.4 Å². The largest absolute Gasteiger partial charge is 0.394 e. The molecule has 7 heteroatoms. The lowest BCUT2D eigenvalue weighted by molar-refractivity contribution is 0.517. The minimum Gasteiger partial charge on any atom is -0.394 e. The number of halogens is 2. The second kappa shape index (κ2) is 6.99. The summed E-state index contributed by atoms with van der Waals surface area (Å²) in [5.41, 5.74) is 4.38. The van der Waals surface area contributed by atoms with E-state index in [-0.39, 0.29) is 6.04 Å². The molecule has 0 aliphatic heterocycles. The van der Waals surface area contributed by atoms with Crippen LogP contribution in [0.2, 0.25) is 0 Å². The van der Waals surface area contributed by atoms with E-state index in [9.17, 15) is 17.2 Å². The van der Waals surface area contributed by atoms with Gasteiger partial charge in [-0.3, -0.25) is 0 Å². The van der Waals surface area contributed by atoms with Crippen LogP contribution < -0.4 is 10.5 Å². The molecule has 0 fully saturated rings. The Bertz CT molecular complexity index is 562. The maximum Gasteiger partial charge on any atom is 0.243 e. The SMILES string of the molecule is CCCCCC(C)NS(=O)(=O)c1ccc(F)c(N)c1F. The summed E-state index contributed by atoms with van der Waals surface area (Å²) in [6.07, 6.45) is 3.58. The second-order valence-corrected chi connectivity index (χ2v) is 6.47. The van der Waals surface area contributed by atoms with Gasteiger partial charge in [0.1, 0.15) is 16.4 Å². The van der Waals surface area contributed by atoms with Gasteiger partial charge in [0.2, 0.25) is 10.0 Å². The van der Waals surface area contributed by atoms with E-state index in [2.05, 4.69) is 4.72 Å². The van der Waals surface area contributed by atoms with Gasteiger partial charge in [0.15, 0.2) is 5.82 Å². The Hall–Kier alpha value is -1.21. The Balaban J connectivity index is 2.87. The highest BCUT2D eigenvalue weighted by Crippen LogP contribution is 2.23. The van der Waals surface area contributed by atoms with E-state index < -0.39 is 32.2 Å². The number of sulfonamides is 1. The number of nitrogens with one attached hydrogen (secondary N) is 1. The van der Waals surface area contributed by atoms with Crippen molar-refractivity contribution in [3.63, 3.8) is 0 Å². The number of unbranched alkanes of at least 4 members (excludes halogenated alkanes) is 2. The summed E-state index contributed by atoms with van der Waals surface area (Å²) in [4.78, 5) is -0.626. The van der Waals surface area contributed by atoms with Gasteiger partial charge in [-0.15, -0.1) is 0 Å². The van der Waals surface area contributed by atoms with Crippen LogP contribution >= 0.6 is 0 Å². The highest BCUT2D eigenvalue weighted by atomic mass is 32.2. The van der Waals surface area contributed by atoms with Crippen LogP contribution in [0.15, 0.2) is 17.0 Å². The zero-order valence-electron chi connectivity index (χ0n) is 11.6. The van der Waals surface area contributed by atoms with Crippen LogP contribution in [0.3, 0.4) is 0 Å². The van der Waals surface area contributed by atoms with E-state index in [1.165, 1.54) is 0 Å².